The van der Waals surface area contributed by atoms with Crippen molar-refractivity contribution in [1.29, 1.82) is 0 Å². The van der Waals surface area contributed by atoms with Gasteiger partial charge < -0.3 is 15.9 Å². The van der Waals surface area contributed by atoms with Crippen LogP contribution in [0.25, 0.3) is 0 Å². The van der Waals surface area contributed by atoms with Gasteiger partial charge >= 0.3 is 0 Å². The molecule has 0 unspecified atom stereocenters. The summed E-state index contributed by atoms with van der Waals surface area (Å²) in [5.41, 5.74) is 6.73. The van der Waals surface area contributed by atoms with Gasteiger partial charge in [-0.2, -0.15) is 0 Å². The van der Waals surface area contributed by atoms with Gasteiger partial charge in [0.15, 0.2) is 0 Å². The van der Waals surface area contributed by atoms with Crippen LogP contribution in [0.2, 0.25) is 0 Å². The number of phenols is 2. The molecule has 0 saturated carbocycles. The summed E-state index contributed by atoms with van der Waals surface area (Å²) in [6, 6.07) is 2.94. The molecule has 4 N–H and O–H groups in total. The van der Waals surface area contributed by atoms with Crippen molar-refractivity contribution in [3.63, 3.8) is 0 Å². The summed E-state index contributed by atoms with van der Waals surface area (Å²) in [6.07, 6.45) is 0. The maximum absolute atomic E-state index is 9.51. The molecule has 0 aliphatic heterocycles. The molecule has 0 amide bonds. The normalized spacial score (nSPS) is 12.9. The van der Waals surface area contributed by atoms with E-state index >= 15 is 0 Å². The first-order valence-corrected chi connectivity index (χ1v) is 3.81. The predicted octanol–water partition coefficient (Wildman–Crippen LogP) is 1.43. The Kier molecular flexibility index (Phi) is 2.24. The van der Waals surface area contributed by atoms with Crippen molar-refractivity contribution < 1.29 is 10.2 Å². The molecule has 1 aromatic rings. The van der Waals surface area contributed by atoms with Crippen molar-refractivity contribution in [2.45, 2.75) is 19.9 Å². The molecule has 0 radical (unpaired) electrons. The van der Waals surface area contributed by atoms with Crippen molar-refractivity contribution in [3.8, 4) is 11.5 Å². The van der Waals surface area contributed by atoms with Crippen LogP contribution in [0.15, 0.2) is 12.1 Å². The Morgan fingerprint density at radius 1 is 1.33 bits per heavy atom. The van der Waals surface area contributed by atoms with Gasteiger partial charge in [-0.05, 0) is 19.9 Å². The van der Waals surface area contributed by atoms with E-state index in [1.165, 1.54) is 6.07 Å². The SMILES string of the molecule is Cc1c(O)ccc([C@H](C)N)c1O. The van der Waals surface area contributed by atoms with Gasteiger partial charge in [-0.25, -0.2) is 0 Å². The van der Waals surface area contributed by atoms with Crippen LogP contribution in [0.1, 0.15) is 24.1 Å². The fourth-order valence-corrected chi connectivity index (χ4v) is 1.08. The zero-order chi connectivity index (χ0) is 9.30. The molecule has 0 bridgehead atoms. The Bertz CT molecular complexity index is 295. The second kappa shape index (κ2) is 3.03. The van der Waals surface area contributed by atoms with E-state index in [-0.39, 0.29) is 17.5 Å². The van der Waals surface area contributed by atoms with E-state index in [1.807, 2.05) is 0 Å². The number of hydrogen-bond acceptors (Lipinski definition) is 3. The lowest BCUT2D eigenvalue weighted by molar-refractivity contribution is 0.436. The first-order valence-electron chi connectivity index (χ1n) is 3.81. The van der Waals surface area contributed by atoms with Crippen LogP contribution in [0.5, 0.6) is 11.5 Å². The highest BCUT2D eigenvalue weighted by Gasteiger charge is 2.10. The summed E-state index contributed by atoms with van der Waals surface area (Å²) >= 11 is 0. The van der Waals surface area contributed by atoms with Gasteiger partial charge in [0.1, 0.15) is 11.5 Å². The fourth-order valence-electron chi connectivity index (χ4n) is 1.08. The van der Waals surface area contributed by atoms with Crippen molar-refractivity contribution in [1.82, 2.24) is 0 Å². The molecule has 1 atom stereocenters. The Morgan fingerprint density at radius 2 is 1.92 bits per heavy atom. The van der Waals surface area contributed by atoms with E-state index in [0.29, 0.717) is 11.1 Å². The highest BCUT2D eigenvalue weighted by molar-refractivity contribution is 5.48. The molecular weight excluding hydrogens is 154 g/mol. The lowest BCUT2D eigenvalue weighted by Gasteiger charge is -2.10. The summed E-state index contributed by atoms with van der Waals surface area (Å²) in [5.74, 6) is 0.182. The third kappa shape index (κ3) is 1.36. The highest BCUT2D eigenvalue weighted by Crippen LogP contribution is 2.31. The summed E-state index contributed by atoms with van der Waals surface area (Å²) in [6.45, 7) is 3.43. The van der Waals surface area contributed by atoms with Crippen molar-refractivity contribution in [2.75, 3.05) is 0 Å². The molecular formula is C9H13NO2. The van der Waals surface area contributed by atoms with Gasteiger partial charge in [0.25, 0.3) is 0 Å². The average Bonchev–Trinajstić information content (AvgIpc) is 2.00. The summed E-state index contributed by atoms with van der Waals surface area (Å²) < 4.78 is 0. The molecule has 12 heavy (non-hydrogen) atoms. The second-order valence-electron chi connectivity index (χ2n) is 2.94. The number of rotatable bonds is 1. The summed E-state index contributed by atoms with van der Waals surface area (Å²) in [4.78, 5) is 0. The van der Waals surface area contributed by atoms with Gasteiger partial charge in [0.2, 0.25) is 0 Å². The fraction of sp³-hybridized carbons (Fsp3) is 0.333. The number of hydrogen-bond donors (Lipinski definition) is 3. The van der Waals surface area contributed by atoms with E-state index in [0.717, 1.165) is 0 Å². The molecule has 0 fully saturated rings. The van der Waals surface area contributed by atoms with Crippen LogP contribution in [0.4, 0.5) is 0 Å². The van der Waals surface area contributed by atoms with Crippen LogP contribution in [-0.4, -0.2) is 10.2 Å². The van der Waals surface area contributed by atoms with Crippen molar-refractivity contribution in [2.24, 2.45) is 5.73 Å². The molecule has 0 aliphatic rings. The lowest BCUT2D eigenvalue weighted by Crippen LogP contribution is -2.05. The molecule has 3 nitrogen and oxygen atoms in total. The van der Waals surface area contributed by atoms with Crippen LogP contribution < -0.4 is 5.73 Å². The second-order valence-corrected chi connectivity index (χ2v) is 2.94. The largest absolute Gasteiger partial charge is 0.508 e. The van der Waals surface area contributed by atoms with Gasteiger partial charge in [-0.3, -0.25) is 0 Å². The van der Waals surface area contributed by atoms with Crippen LogP contribution in [0.3, 0.4) is 0 Å². The summed E-state index contributed by atoms with van der Waals surface area (Å²) in [5, 5.41) is 18.7. The maximum atomic E-state index is 9.51. The van der Waals surface area contributed by atoms with E-state index in [4.69, 9.17) is 5.73 Å². The monoisotopic (exact) mass is 167 g/mol. The Balaban J connectivity index is 3.27. The van der Waals surface area contributed by atoms with Crippen LogP contribution in [0, 0.1) is 6.92 Å². The van der Waals surface area contributed by atoms with E-state index in [9.17, 15) is 10.2 Å². The number of aromatic hydroxyl groups is 2. The molecule has 3 heteroatoms. The lowest BCUT2D eigenvalue weighted by atomic mass is 10.0. The van der Waals surface area contributed by atoms with E-state index in [1.54, 1.807) is 19.9 Å². The Labute approximate surface area is 71.5 Å². The molecule has 0 spiro atoms. The standard InChI is InChI=1S/C9H13NO2/c1-5-8(11)4-3-7(6(2)10)9(5)12/h3-4,6,11-12H,10H2,1-2H3/t6-/m0/s1. The van der Waals surface area contributed by atoms with Gasteiger partial charge in [-0.15, -0.1) is 0 Å². The maximum Gasteiger partial charge on any atom is 0.126 e. The molecule has 0 aliphatic carbocycles. The third-order valence-corrected chi connectivity index (χ3v) is 1.92. The first kappa shape index (κ1) is 8.87. The van der Waals surface area contributed by atoms with Gasteiger partial charge in [0.05, 0.1) is 0 Å². The molecule has 0 aromatic heterocycles. The molecule has 1 rings (SSSR count). The topological polar surface area (TPSA) is 66.5 Å². The molecule has 66 valence electrons. The zero-order valence-electron chi connectivity index (χ0n) is 7.20. The highest BCUT2D eigenvalue weighted by atomic mass is 16.3. The van der Waals surface area contributed by atoms with Crippen molar-refractivity contribution >= 4 is 0 Å². The van der Waals surface area contributed by atoms with Gasteiger partial charge in [0, 0.05) is 17.2 Å². The average molecular weight is 167 g/mol. The summed E-state index contributed by atoms with van der Waals surface area (Å²) in [7, 11) is 0. The number of benzene rings is 1. The Morgan fingerprint density at radius 3 is 2.42 bits per heavy atom. The van der Waals surface area contributed by atoms with Gasteiger partial charge in [-0.1, -0.05) is 6.07 Å². The number of phenolic OH excluding ortho intramolecular Hbond substituents is 2. The van der Waals surface area contributed by atoms with E-state index < -0.39 is 0 Å². The smallest absolute Gasteiger partial charge is 0.126 e. The van der Waals surface area contributed by atoms with Crippen molar-refractivity contribution in [3.05, 3.63) is 23.3 Å². The van der Waals surface area contributed by atoms with E-state index in [2.05, 4.69) is 0 Å². The predicted molar refractivity (Wildman–Crippen MR) is 47.1 cm³/mol. The zero-order valence-corrected chi connectivity index (χ0v) is 7.20. The third-order valence-electron chi connectivity index (χ3n) is 1.92. The quantitative estimate of drug-likeness (QED) is 0.592. The minimum atomic E-state index is -0.218. The molecule has 1 aromatic carbocycles. The minimum Gasteiger partial charge on any atom is -0.508 e. The first-order chi connectivity index (χ1) is 5.54. The molecule has 0 heterocycles. The molecule has 0 saturated heterocycles. The van der Waals surface area contributed by atoms with Crippen LogP contribution in [-0.2, 0) is 0 Å². The minimum absolute atomic E-state index is 0.0880. The Hall–Kier alpha value is -1.22. The van der Waals surface area contributed by atoms with Crippen LogP contribution >= 0.6 is 0 Å². The number of nitrogens with two attached hydrogens (primary N) is 1.